The summed E-state index contributed by atoms with van der Waals surface area (Å²) in [6.07, 6.45) is 0. The van der Waals surface area contributed by atoms with Crippen molar-refractivity contribution in [3.8, 4) is 0 Å². The van der Waals surface area contributed by atoms with Gasteiger partial charge in [-0.25, -0.2) is 4.39 Å². The Labute approximate surface area is 82.7 Å². The van der Waals surface area contributed by atoms with E-state index >= 15 is 0 Å². The number of alkyl halides is 2. The first-order valence-electron chi connectivity index (χ1n) is 3.19. The predicted molar refractivity (Wildman–Crippen MR) is 49.2 cm³/mol. The van der Waals surface area contributed by atoms with E-state index in [-0.39, 0.29) is 5.56 Å². The molecular formula is C8H5BrClFO. The highest BCUT2D eigenvalue weighted by atomic mass is 79.9. The Bertz CT molecular complexity index is 284. The lowest BCUT2D eigenvalue weighted by molar-refractivity contribution is 0.0934. The fraction of sp³-hybridized carbons (Fsp3) is 0.125. The summed E-state index contributed by atoms with van der Waals surface area (Å²) >= 11 is 8.17. The number of benzene rings is 1. The van der Waals surface area contributed by atoms with E-state index < -0.39 is 11.4 Å². The van der Waals surface area contributed by atoms with Gasteiger partial charge in [0.25, 0.3) is 0 Å². The van der Waals surface area contributed by atoms with Crippen LogP contribution >= 0.6 is 27.5 Å². The fourth-order valence-corrected chi connectivity index (χ4v) is 1.13. The summed E-state index contributed by atoms with van der Waals surface area (Å²) in [7, 11) is 0. The topological polar surface area (TPSA) is 17.1 Å². The molecule has 1 aromatic carbocycles. The summed E-state index contributed by atoms with van der Waals surface area (Å²) < 4.78 is 13.1. The Kier molecular flexibility index (Phi) is 3.23. The zero-order valence-electron chi connectivity index (χ0n) is 5.93. The van der Waals surface area contributed by atoms with Crippen molar-refractivity contribution in [2.75, 3.05) is 0 Å². The largest absolute Gasteiger partial charge is 0.289 e. The predicted octanol–water partition coefficient (Wildman–Crippen LogP) is 3.17. The molecule has 0 aliphatic heterocycles. The van der Waals surface area contributed by atoms with Gasteiger partial charge in [0.1, 0.15) is 0 Å². The third-order valence-corrected chi connectivity index (χ3v) is 2.05. The number of ketones is 1. The van der Waals surface area contributed by atoms with Crippen LogP contribution in [-0.2, 0) is 0 Å². The Hall–Kier alpha value is -0.410. The molecule has 64 valence electrons. The molecular weight excluding hydrogens is 246 g/mol. The van der Waals surface area contributed by atoms with Crippen molar-refractivity contribution in [2.45, 2.75) is 5.63 Å². The normalized spacial score (nSPS) is 12.6. The molecule has 0 bridgehead atoms. The number of Topliss-reactive ketones (excluding diaryl/α,β-unsaturated/α-hetero) is 1. The second-order valence-corrected chi connectivity index (χ2v) is 3.47. The van der Waals surface area contributed by atoms with Crippen LogP contribution in [0.2, 0.25) is 0 Å². The Morgan fingerprint density at radius 2 is 1.92 bits per heavy atom. The minimum absolute atomic E-state index is 0.278. The summed E-state index contributed by atoms with van der Waals surface area (Å²) in [5, 5.41) is 0. The first kappa shape index (κ1) is 9.68. The van der Waals surface area contributed by atoms with Crippen LogP contribution in [-0.4, -0.2) is 11.4 Å². The average Bonchev–Trinajstić information content (AvgIpc) is 2.04. The van der Waals surface area contributed by atoms with E-state index in [1.54, 1.807) is 12.1 Å². The number of hydrogen-bond acceptors (Lipinski definition) is 1. The van der Waals surface area contributed by atoms with Gasteiger partial charge in [-0.05, 0) is 12.1 Å². The standard InChI is InChI=1S/C8H5BrClFO/c9-6-3-1-5(2-4-6)7(12)8(10)11/h1-4,8H. The molecule has 1 unspecified atom stereocenters. The molecule has 0 fully saturated rings. The maximum atomic E-state index is 12.3. The molecule has 1 aromatic rings. The van der Waals surface area contributed by atoms with Crippen molar-refractivity contribution < 1.29 is 9.18 Å². The maximum Gasteiger partial charge on any atom is 0.235 e. The lowest BCUT2D eigenvalue weighted by Crippen LogP contribution is -2.08. The highest BCUT2D eigenvalue weighted by Gasteiger charge is 2.14. The second-order valence-electron chi connectivity index (χ2n) is 2.17. The summed E-state index contributed by atoms with van der Waals surface area (Å²) in [4.78, 5) is 10.9. The molecule has 0 aliphatic carbocycles. The minimum Gasteiger partial charge on any atom is -0.289 e. The summed E-state index contributed by atoms with van der Waals surface area (Å²) in [6, 6.07) is 6.35. The van der Waals surface area contributed by atoms with E-state index in [2.05, 4.69) is 15.9 Å². The molecule has 0 radical (unpaired) electrons. The molecule has 0 N–H and O–H groups in total. The van der Waals surface area contributed by atoms with Crippen molar-refractivity contribution in [3.05, 3.63) is 34.3 Å². The molecule has 0 aromatic heterocycles. The van der Waals surface area contributed by atoms with Gasteiger partial charge in [0.05, 0.1) is 0 Å². The molecule has 0 amide bonds. The highest BCUT2D eigenvalue weighted by molar-refractivity contribution is 9.10. The van der Waals surface area contributed by atoms with E-state index in [1.807, 2.05) is 0 Å². The highest BCUT2D eigenvalue weighted by Crippen LogP contribution is 2.14. The molecule has 0 heterocycles. The summed E-state index contributed by atoms with van der Waals surface area (Å²) in [5.41, 5.74) is -1.67. The van der Waals surface area contributed by atoms with E-state index in [1.165, 1.54) is 12.1 Å². The van der Waals surface area contributed by atoms with E-state index in [4.69, 9.17) is 11.6 Å². The molecule has 0 aliphatic rings. The Morgan fingerprint density at radius 1 is 1.42 bits per heavy atom. The minimum atomic E-state index is -1.95. The lowest BCUT2D eigenvalue weighted by atomic mass is 10.1. The van der Waals surface area contributed by atoms with Crippen LogP contribution in [0.25, 0.3) is 0 Å². The summed E-state index contributed by atoms with van der Waals surface area (Å²) in [6.45, 7) is 0. The molecule has 4 heteroatoms. The van der Waals surface area contributed by atoms with Gasteiger partial charge >= 0.3 is 0 Å². The zero-order chi connectivity index (χ0) is 9.14. The van der Waals surface area contributed by atoms with Gasteiger partial charge in [-0.2, -0.15) is 0 Å². The van der Waals surface area contributed by atoms with Crippen LogP contribution in [0.1, 0.15) is 10.4 Å². The van der Waals surface area contributed by atoms with Gasteiger partial charge in [-0.1, -0.05) is 39.7 Å². The van der Waals surface area contributed by atoms with Gasteiger partial charge in [0, 0.05) is 10.0 Å². The van der Waals surface area contributed by atoms with Crippen LogP contribution in [0.3, 0.4) is 0 Å². The van der Waals surface area contributed by atoms with Gasteiger partial charge in [-0.3, -0.25) is 4.79 Å². The molecule has 1 nitrogen and oxygen atoms in total. The second kappa shape index (κ2) is 4.01. The molecule has 1 atom stereocenters. The molecule has 0 spiro atoms. The molecule has 12 heavy (non-hydrogen) atoms. The lowest BCUT2D eigenvalue weighted by Gasteiger charge is -1.99. The van der Waals surface area contributed by atoms with E-state index in [0.29, 0.717) is 0 Å². The molecule has 0 saturated heterocycles. The van der Waals surface area contributed by atoms with Crippen LogP contribution in [0.4, 0.5) is 4.39 Å². The van der Waals surface area contributed by atoms with Gasteiger partial charge in [0.15, 0.2) is 0 Å². The van der Waals surface area contributed by atoms with Gasteiger partial charge in [-0.15, -0.1) is 0 Å². The SMILES string of the molecule is O=C(c1ccc(Br)cc1)C(F)Cl. The number of hydrogen-bond donors (Lipinski definition) is 0. The smallest absolute Gasteiger partial charge is 0.235 e. The first-order chi connectivity index (χ1) is 5.61. The van der Waals surface area contributed by atoms with E-state index in [0.717, 1.165) is 4.47 Å². The number of carbonyl (C=O) groups is 1. The van der Waals surface area contributed by atoms with Gasteiger partial charge in [0.2, 0.25) is 11.4 Å². The zero-order valence-corrected chi connectivity index (χ0v) is 8.27. The van der Waals surface area contributed by atoms with Crippen molar-refractivity contribution in [1.82, 2.24) is 0 Å². The van der Waals surface area contributed by atoms with Crippen molar-refractivity contribution in [3.63, 3.8) is 0 Å². The Balaban J connectivity index is 2.90. The fourth-order valence-electron chi connectivity index (χ4n) is 0.740. The first-order valence-corrected chi connectivity index (χ1v) is 4.42. The third-order valence-electron chi connectivity index (χ3n) is 1.33. The van der Waals surface area contributed by atoms with Crippen LogP contribution in [0.15, 0.2) is 28.7 Å². The molecule has 0 saturated carbocycles. The van der Waals surface area contributed by atoms with Crippen LogP contribution < -0.4 is 0 Å². The number of rotatable bonds is 2. The van der Waals surface area contributed by atoms with Gasteiger partial charge < -0.3 is 0 Å². The maximum absolute atomic E-state index is 12.3. The Morgan fingerprint density at radius 3 is 2.33 bits per heavy atom. The van der Waals surface area contributed by atoms with Crippen molar-refractivity contribution in [1.29, 1.82) is 0 Å². The van der Waals surface area contributed by atoms with Crippen molar-refractivity contribution >= 4 is 33.3 Å². The number of carbonyl (C=O) groups excluding carboxylic acids is 1. The third kappa shape index (κ3) is 2.29. The monoisotopic (exact) mass is 250 g/mol. The number of halogens is 3. The average molecular weight is 251 g/mol. The van der Waals surface area contributed by atoms with Crippen LogP contribution in [0, 0.1) is 0 Å². The molecule has 1 rings (SSSR count). The van der Waals surface area contributed by atoms with E-state index in [9.17, 15) is 9.18 Å². The van der Waals surface area contributed by atoms with Crippen LogP contribution in [0.5, 0.6) is 0 Å². The summed E-state index contributed by atoms with van der Waals surface area (Å²) in [5.74, 6) is -0.704. The quantitative estimate of drug-likeness (QED) is 0.583. The van der Waals surface area contributed by atoms with Crippen molar-refractivity contribution in [2.24, 2.45) is 0 Å².